The third kappa shape index (κ3) is 6.07. The Morgan fingerprint density at radius 3 is 2.43 bits per heavy atom. The van der Waals surface area contributed by atoms with Crippen LogP contribution in [0.2, 0.25) is 0 Å². The number of piperazine rings is 1. The highest BCUT2D eigenvalue weighted by Crippen LogP contribution is 2.23. The van der Waals surface area contributed by atoms with E-state index in [1.54, 1.807) is 7.05 Å². The van der Waals surface area contributed by atoms with Gasteiger partial charge in [-0.05, 0) is 50.2 Å². The lowest BCUT2D eigenvalue weighted by Crippen LogP contribution is -2.52. The maximum absolute atomic E-state index is 13.2. The summed E-state index contributed by atoms with van der Waals surface area (Å²) in [6, 6.07) is 7.98. The molecule has 200 valence electrons. The Hall–Kier alpha value is -2.70. The molecule has 10 nitrogen and oxygen atoms in total. The molecule has 0 bridgehead atoms. The number of fused-ring (bicyclic) bond motifs is 1. The Morgan fingerprint density at radius 2 is 1.78 bits per heavy atom. The molecule has 1 aliphatic heterocycles. The van der Waals surface area contributed by atoms with Crippen LogP contribution in [0.25, 0.3) is 11.2 Å². The normalized spacial score (nSPS) is 14.1. The van der Waals surface area contributed by atoms with Crippen molar-refractivity contribution in [2.24, 2.45) is 14.1 Å². The quantitative estimate of drug-likeness (QED) is 0.314. The van der Waals surface area contributed by atoms with E-state index in [9.17, 15) is 9.59 Å². The molecule has 0 spiro atoms. The van der Waals surface area contributed by atoms with Crippen LogP contribution in [0.5, 0.6) is 0 Å². The number of hydrogen-bond donors (Lipinski definition) is 1. The van der Waals surface area contributed by atoms with Gasteiger partial charge in [-0.2, -0.15) is 4.98 Å². The van der Waals surface area contributed by atoms with Crippen LogP contribution in [-0.4, -0.2) is 74.1 Å². The molecule has 0 radical (unpaired) electrons. The number of thiocarbonyl (C=S) groups is 1. The minimum absolute atomic E-state index is 0.232. The van der Waals surface area contributed by atoms with Crippen molar-refractivity contribution < 1.29 is 4.74 Å². The van der Waals surface area contributed by atoms with Crippen molar-refractivity contribution in [1.29, 1.82) is 0 Å². The van der Waals surface area contributed by atoms with E-state index in [1.807, 2.05) is 42.7 Å². The van der Waals surface area contributed by atoms with Gasteiger partial charge in [-0.25, -0.2) is 4.79 Å². The number of aromatic nitrogens is 4. The van der Waals surface area contributed by atoms with Gasteiger partial charge in [0.1, 0.15) is 0 Å². The van der Waals surface area contributed by atoms with Crippen LogP contribution >= 0.6 is 28.1 Å². The van der Waals surface area contributed by atoms with Crippen LogP contribution in [-0.2, 0) is 25.4 Å². The molecule has 1 saturated heterocycles. The second-order valence-corrected chi connectivity index (χ2v) is 10.8. The number of nitrogens with zero attached hydrogens (tertiary/aromatic N) is 6. The Balaban J connectivity index is 1.55. The van der Waals surface area contributed by atoms with Crippen LogP contribution in [0.4, 0.5) is 5.95 Å². The molecule has 12 heteroatoms. The van der Waals surface area contributed by atoms with Gasteiger partial charge in [-0.1, -0.05) is 28.1 Å². The van der Waals surface area contributed by atoms with Gasteiger partial charge in [0, 0.05) is 57.9 Å². The number of benzene rings is 1. The smallest absolute Gasteiger partial charge is 0.332 e. The van der Waals surface area contributed by atoms with Gasteiger partial charge in [-0.15, -0.1) is 0 Å². The van der Waals surface area contributed by atoms with Crippen LogP contribution in [0.15, 0.2) is 38.3 Å². The molecule has 1 aromatic carbocycles. The number of hydrogen-bond acceptors (Lipinski definition) is 6. The number of aryl methyl sites for hydroxylation is 1. The molecule has 3 aromatic rings. The molecule has 0 unspecified atom stereocenters. The van der Waals surface area contributed by atoms with E-state index in [-0.39, 0.29) is 11.7 Å². The third-order valence-electron chi connectivity index (χ3n) is 6.48. The summed E-state index contributed by atoms with van der Waals surface area (Å²) in [5.41, 5.74) is 1.11. The number of ether oxygens (including phenoxy) is 1. The predicted octanol–water partition coefficient (Wildman–Crippen LogP) is 2.06. The second kappa shape index (κ2) is 11.8. The SMILES string of the molecule is CC(C)OCCCNC(=S)N1CCN(c2nc3c(c(=O)n(C)c(=O)n3C)n2Cc2ccc(Br)cc2)CC1. The lowest BCUT2D eigenvalue weighted by atomic mass is 10.2. The fraction of sp³-hybridized carbons (Fsp3) is 0.520. The van der Waals surface area contributed by atoms with Gasteiger partial charge < -0.3 is 19.9 Å². The first-order chi connectivity index (χ1) is 17.7. The van der Waals surface area contributed by atoms with Gasteiger partial charge in [0.05, 0.1) is 12.6 Å². The monoisotopic (exact) mass is 591 g/mol. The van der Waals surface area contributed by atoms with Gasteiger partial charge in [0.25, 0.3) is 5.56 Å². The highest BCUT2D eigenvalue weighted by molar-refractivity contribution is 9.10. The summed E-state index contributed by atoms with van der Waals surface area (Å²) in [5, 5.41) is 4.07. The van der Waals surface area contributed by atoms with Gasteiger partial charge in [0.15, 0.2) is 16.3 Å². The highest BCUT2D eigenvalue weighted by atomic mass is 79.9. The highest BCUT2D eigenvalue weighted by Gasteiger charge is 2.26. The molecule has 1 fully saturated rings. The number of anilines is 1. The first-order valence-electron chi connectivity index (χ1n) is 12.5. The van der Waals surface area contributed by atoms with Crippen LogP contribution < -0.4 is 21.5 Å². The average molecular weight is 593 g/mol. The molecule has 0 atom stereocenters. The van der Waals surface area contributed by atoms with Gasteiger partial charge in [0.2, 0.25) is 5.95 Å². The molecule has 0 amide bonds. The minimum Gasteiger partial charge on any atom is -0.379 e. The predicted molar refractivity (Wildman–Crippen MR) is 154 cm³/mol. The molecule has 3 heterocycles. The number of halogens is 1. The summed E-state index contributed by atoms with van der Waals surface area (Å²) in [6.45, 7) is 8.84. The second-order valence-electron chi connectivity index (χ2n) is 9.48. The van der Waals surface area contributed by atoms with Gasteiger partial charge in [-0.3, -0.25) is 18.5 Å². The topological polar surface area (TPSA) is 89.6 Å². The van der Waals surface area contributed by atoms with Crippen molar-refractivity contribution >= 4 is 50.4 Å². The summed E-state index contributed by atoms with van der Waals surface area (Å²) in [7, 11) is 3.15. The zero-order chi connectivity index (χ0) is 26.7. The van der Waals surface area contributed by atoms with E-state index in [4.69, 9.17) is 21.9 Å². The Kier molecular flexibility index (Phi) is 8.71. The van der Waals surface area contributed by atoms with Crippen LogP contribution in [0.3, 0.4) is 0 Å². The van der Waals surface area contributed by atoms with Crippen LogP contribution in [0.1, 0.15) is 25.8 Å². The van der Waals surface area contributed by atoms with E-state index in [2.05, 4.69) is 31.0 Å². The van der Waals surface area contributed by atoms with E-state index in [1.165, 1.54) is 11.6 Å². The van der Waals surface area contributed by atoms with Crippen molar-refractivity contribution in [3.63, 3.8) is 0 Å². The van der Waals surface area contributed by atoms with E-state index < -0.39 is 5.69 Å². The lowest BCUT2D eigenvalue weighted by molar-refractivity contribution is 0.0776. The molecule has 2 aromatic heterocycles. The van der Waals surface area contributed by atoms with Crippen molar-refractivity contribution in [1.82, 2.24) is 28.9 Å². The van der Waals surface area contributed by atoms with Gasteiger partial charge >= 0.3 is 5.69 Å². The summed E-state index contributed by atoms with van der Waals surface area (Å²) in [6.07, 6.45) is 1.13. The van der Waals surface area contributed by atoms with Crippen molar-refractivity contribution in [2.75, 3.05) is 44.2 Å². The molecule has 1 aliphatic rings. The number of imidazole rings is 1. The van der Waals surface area contributed by atoms with Crippen molar-refractivity contribution in [3.05, 3.63) is 55.1 Å². The average Bonchev–Trinajstić information content (AvgIpc) is 3.26. The summed E-state index contributed by atoms with van der Waals surface area (Å²) in [5.74, 6) is 0.681. The van der Waals surface area contributed by atoms with Crippen molar-refractivity contribution in [3.8, 4) is 0 Å². The molecule has 4 rings (SSSR count). The van der Waals surface area contributed by atoms with E-state index in [0.29, 0.717) is 43.4 Å². The summed E-state index contributed by atoms with van der Waals surface area (Å²) in [4.78, 5) is 34.9. The maximum atomic E-state index is 13.2. The molecule has 0 aliphatic carbocycles. The first kappa shape index (κ1) is 27.3. The number of nitrogens with one attached hydrogen (secondary N) is 1. The maximum Gasteiger partial charge on any atom is 0.332 e. The first-order valence-corrected chi connectivity index (χ1v) is 13.7. The largest absolute Gasteiger partial charge is 0.379 e. The lowest BCUT2D eigenvalue weighted by Gasteiger charge is -2.36. The summed E-state index contributed by atoms with van der Waals surface area (Å²) >= 11 is 9.10. The van der Waals surface area contributed by atoms with Crippen molar-refractivity contribution in [2.45, 2.75) is 32.9 Å². The standard InChI is InChI=1S/C25H34BrN7O3S/c1-17(2)36-15-5-10-27-24(37)32-13-11-31(12-14-32)23-28-21-20(22(34)30(4)25(35)29(21)3)33(23)16-18-6-8-19(26)9-7-18/h6-9,17H,5,10-16H2,1-4H3,(H,27,37). The zero-order valence-electron chi connectivity index (χ0n) is 21.7. The number of rotatable bonds is 8. The molecule has 0 saturated carbocycles. The Labute approximate surface area is 230 Å². The van der Waals surface area contributed by atoms with E-state index in [0.717, 1.165) is 45.8 Å². The minimum atomic E-state index is -0.391. The van der Waals surface area contributed by atoms with E-state index >= 15 is 0 Å². The Bertz CT molecular complexity index is 1370. The molecular formula is C25H34BrN7O3S. The Morgan fingerprint density at radius 1 is 1.11 bits per heavy atom. The third-order valence-corrected chi connectivity index (χ3v) is 7.41. The summed E-state index contributed by atoms with van der Waals surface area (Å²) < 4.78 is 11.1. The zero-order valence-corrected chi connectivity index (χ0v) is 24.1. The molecule has 37 heavy (non-hydrogen) atoms. The molecular weight excluding hydrogens is 558 g/mol. The fourth-order valence-electron chi connectivity index (χ4n) is 4.41. The fourth-order valence-corrected chi connectivity index (χ4v) is 4.96. The molecule has 1 N–H and O–H groups in total. The van der Waals surface area contributed by atoms with Crippen LogP contribution in [0, 0.1) is 0 Å².